The zero-order valence-electron chi connectivity index (χ0n) is 18.1. The highest BCUT2D eigenvalue weighted by Crippen LogP contribution is 2.34. The van der Waals surface area contributed by atoms with Crippen LogP contribution >= 0.6 is 46.2 Å². The maximum absolute atomic E-state index is 11.8. The molecule has 4 rings (SSSR count). The fraction of sp³-hybridized carbons (Fsp3) is 0.273. The molecule has 0 saturated heterocycles. The van der Waals surface area contributed by atoms with Gasteiger partial charge in [-0.2, -0.15) is 4.57 Å². The molecule has 158 valence electrons. The van der Waals surface area contributed by atoms with Gasteiger partial charge in [-0.05, 0) is 37.5 Å². The van der Waals surface area contributed by atoms with Crippen LogP contribution in [0.4, 0.5) is 0 Å². The molecule has 4 nitrogen and oxygen atoms in total. The van der Waals surface area contributed by atoms with Crippen LogP contribution in [0, 0.1) is 6.92 Å². The summed E-state index contributed by atoms with van der Waals surface area (Å²) in [4.78, 5) is 16.4. The van der Waals surface area contributed by atoms with Crippen molar-refractivity contribution in [2.75, 3.05) is 13.3 Å². The molecule has 1 aromatic carbocycles. The molecular formula is C22H26N3OS4+. The van der Waals surface area contributed by atoms with Gasteiger partial charge in [-0.25, -0.2) is 0 Å². The van der Waals surface area contributed by atoms with E-state index in [-0.39, 0.29) is 5.56 Å². The number of hydrogen-bond acceptors (Lipinski definition) is 6. The van der Waals surface area contributed by atoms with E-state index in [1.54, 1.807) is 35.1 Å². The maximum atomic E-state index is 11.8. The summed E-state index contributed by atoms with van der Waals surface area (Å²) in [6.07, 6.45) is 8.03. The Morgan fingerprint density at radius 3 is 2.47 bits per heavy atom. The molecule has 1 aliphatic heterocycles. The predicted molar refractivity (Wildman–Crippen MR) is 136 cm³/mol. The van der Waals surface area contributed by atoms with Crippen LogP contribution < -0.4 is 19.3 Å². The number of rotatable bonds is 2. The van der Waals surface area contributed by atoms with E-state index in [0.29, 0.717) is 0 Å². The van der Waals surface area contributed by atoms with E-state index in [2.05, 4.69) is 67.6 Å². The second-order valence-electron chi connectivity index (χ2n) is 6.86. The van der Waals surface area contributed by atoms with Crippen molar-refractivity contribution in [3.63, 3.8) is 0 Å². The van der Waals surface area contributed by atoms with E-state index in [1.165, 1.54) is 36.4 Å². The number of aryl methyl sites for hydroxylation is 2. The Balaban J connectivity index is 0.000000177. The summed E-state index contributed by atoms with van der Waals surface area (Å²) in [5, 5.41) is 2.48. The predicted octanol–water partition coefficient (Wildman–Crippen LogP) is 3.78. The van der Waals surface area contributed by atoms with Crippen molar-refractivity contribution < 1.29 is 4.57 Å². The summed E-state index contributed by atoms with van der Waals surface area (Å²) in [7, 11) is 5.86. The maximum Gasteiger partial charge on any atom is 0.268 e. The van der Waals surface area contributed by atoms with E-state index in [0.717, 1.165) is 14.2 Å². The molecule has 0 saturated carbocycles. The molecule has 0 N–H and O–H groups in total. The molecule has 0 spiro atoms. The number of benzene rings is 1. The number of allylic oxidation sites excluding steroid dienone is 2. The molecule has 0 amide bonds. The number of thiazole rings is 2. The molecule has 0 radical (unpaired) electrons. The first-order valence-corrected chi connectivity index (χ1v) is 13.0. The molecular weight excluding hydrogens is 451 g/mol. The first kappa shape index (κ1) is 22.9. The number of aromatic nitrogens is 2. The summed E-state index contributed by atoms with van der Waals surface area (Å²) in [5.41, 5.74) is 1.35. The van der Waals surface area contributed by atoms with Crippen molar-refractivity contribution in [1.29, 1.82) is 0 Å². The van der Waals surface area contributed by atoms with Crippen LogP contribution in [0.1, 0.15) is 11.9 Å². The fourth-order valence-electron chi connectivity index (χ4n) is 2.90. The largest absolute Gasteiger partial charge is 0.345 e. The molecule has 0 atom stereocenters. The topological polar surface area (TPSA) is 29.1 Å². The lowest BCUT2D eigenvalue weighted by atomic mass is 10.3. The first-order chi connectivity index (χ1) is 14.2. The number of fused-ring (bicyclic) bond motifs is 1. The zero-order valence-corrected chi connectivity index (χ0v) is 21.3. The van der Waals surface area contributed by atoms with Crippen molar-refractivity contribution in [3.8, 4) is 0 Å². The lowest BCUT2D eigenvalue weighted by Gasteiger charge is -2.07. The Kier molecular flexibility index (Phi) is 7.34. The van der Waals surface area contributed by atoms with Gasteiger partial charge < -0.3 is 9.47 Å². The molecule has 2 aromatic heterocycles. The van der Waals surface area contributed by atoms with Crippen molar-refractivity contribution in [2.45, 2.75) is 18.7 Å². The lowest BCUT2D eigenvalue weighted by Crippen LogP contribution is -2.28. The molecule has 0 fully saturated rings. The summed E-state index contributed by atoms with van der Waals surface area (Å²) >= 11 is 6.78. The summed E-state index contributed by atoms with van der Waals surface area (Å²) in [6, 6.07) is 6.64. The van der Waals surface area contributed by atoms with Crippen LogP contribution in [0.25, 0.3) is 22.9 Å². The third-order valence-electron chi connectivity index (χ3n) is 4.74. The second-order valence-corrected chi connectivity index (χ2v) is 11.4. The van der Waals surface area contributed by atoms with Crippen LogP contribution in [-0.2, 0) is 14.1 Å². The smallest absolute Gasteiger partial charge is 0.268 e. The molecule has 3 heterocycles. The summed E-state index contributed by atoms with van der Waals surface area (Å²) in [6.45, 7) is 8.05. The van der Waals surface area contributed by atoms with Gasteiger partial charge in [-0.3, -0.25) is 4.79 Å². The number of hydrogen-bond donors (Lipinski definition) is 0. The van der Waals surface area contributed by atoms with Gasteiger partial charge in [-0.15, -0.1) is 23.1 Å². The van der Waals surface area contributed by atoms with Gasteiger partial charge >= 0.3 is 0 Å². The molecule has 30 heavy (non-hydrogen) atoms. The molecule has 8 heteroatoms. The third kappa shape index (κ3) is 4.94. The van der Waals surface area contributed by atoms with Crippen LogP contribution in [0.2, 0.25) is 0 Å². The average molecular weight is 477 g/mol. The fourth-order valence-corrected chi connectivity index (χ4v) is 6.17. The molecule has 0 aliphatic carbocycles. The Hall–Kier alpha value is -1.74. The normalized spacial score (nSPS) is 15.7. The highest BCUT2D eigenvalue weighted by Gasteiger charge is 2.12. The monoisotopic (exact) mass is 476 g/mol. The minimum absolute atomic E-state index is 0.0205. The average Bonchev–Trinajstić information content (AvgIpc) is 3.28. The Labute approximate surface area is 193 Å². The van der Waals surface area contributed by atoms with Gasteiger partial charge in [0.15, 0.2) is 0 Å². The van der Waals surface area contributed by atoms with Crippen molar-refractivity contribution in [2.24, 2.45) is 14.1 Å². The van der Waals surface area contributed by atoms with E-state index < -0.39 is 0 Å². The highest BCUT2D eigenvalue weighted by atomic mass is 32.2. The second kappa shape index (κ2) is 9.60. The number of nitrogens with zero attached hydrogens (tertiary/aromatic N) is 3. The summed E-state index contributed by atoms with van der Waals surface area (Å²) < 4.78 is 6.70. The minimum Gasteiger partial charge on any atom is -0.345 e. The molecule has 1 aliphatic rings. The highest BCUT2D eigenvalue weighted by molar-refractivity contribution is 8.06. The van der Waals surface area contributed by atoms with Crippen molar-refractivity contribution in [1.82, 2.24) is 9.47 Å². The standard InChI is InChI=1S/C12H14N2OS2.C10H12NS2/c1-8-7-13(3)11(16-8)6-5-10-12(15)14(4)9(2)17-10;1-7-11(2)9-5-4-8(12-3)6-10(9)13-7/h5-7H,2H2,1,3-4H3;4-6H,1-3H3/q;+1/b10-5+,11-6?;. The van der Waals surface area contributed by atoms with Gasteiger partial charge in [0.25, 0.3) is 5.56 Å². The quantitative estimate of drug-likeness (QED) is 0.416. The summed E-state index contributed by atoms with van der Waals surface area (Å²) in [5.74, 6) is 0. The van der Waals surface area contributed by atoms with Gasteiger partial charge in [0, 0.05) is 43.1 Å². The van der Waals surface area contributed by atoms with Crippen LogP contribution in [0.3, 0.4) is 0 Å². The van der Waals surface area contributed by atoms with Gasteiger partial charge in [0.05, 0.1) is 14.2 Å². The van der Waals surface area contributed by atoms with Gasteiger partial charge in [0.2, 0.25) is 10.5 Å². The SMILES string of the molecule is C=c1s/c(=C/C=C2SC(C)=CN2C)c(=O)n1C.CSc1ccc2c(c1)sc(C)[n+]2C. The van der Waals surface area contributed by atoms with Crippen molar-refractivity contribution >= 4 is 69.1 Å². The third-order valence-corrected chi connectivity index (χ3v) is 8.68. The molecule has 0 unspecified atom stereocenters. The zero-order chi connectivity index (χ0) is 22.0. The van der Waals surface area contributed by atoms with Crippen molar-refractivity contribution in [3.05, 3.63) is 65.0 Å². The lowest BCUT2D eigenvalue weighted by molar-refractivity contribution is -0.646. The molecule has 0 bridgehead atoms. The van der Waals surface area contributed by atoms with Crippen LogP contribution in [-0.4, -0.2) is 22.8 Å². The first-order valence-electron chi connectivity index (χ1n) is 9.30. The van der Waals surface area contributed by atoms with E-state index >= 15 is 0 Å². The van der Waals surface area contributed by atoms with Gasteiger partial charge in [0.1, 0.15) is 11.7 Å². The van der Waals surface area contributed by atoms with E-state index in [4.69, 9.17) is 0 Å². The molecule has 3 aromatic rings. The van der Waals surface area contributed by atoms with Crippen LogP contribution in [0.15, 0.2) is 50.1 Å². The van der Waals surface area contributed by atoms with Gasteiger partial charge in [-0.1, -0.05) is 29.7 Å². The Morgan fingerprint density at radius 2 is 1.90 bits per heavy atom. The Morgan fingerprint density at radius 1 is 1.17 bits per heavy atom. The number of thioether (sulfide) groups is 2. The minimum atomic E-state index is 0.0205. The van der Waals surface area contributed by atoms with Crippen LogP contribution in [0.5, 0.6) is 0 Å². The van der Waals surface area contributed by atoms with E-state index in [9.17, 15) is 4.79 Å². The Bertz CT molecular complexity index is 1310. The van der Waals surface area contributed by atoms with E-state index in [1.807, 2.05) is 30.5 Å².